The monoisotopic (exact) mass is 417 g/mol. The third-order valence-electron chi connectivity index (χ3n) is 5.09. The van der Waals surface area contributed by atoms with Crippen molar-refractivity contribution in [2.45, 2.75) is 46.3 Å². The number of aryl methyl sites for hydroxylation is 3. The summed E-state index contributed by atoms with van der Waals surface area (Å²) < 4.78 is 41.5. The summed E-state index contributed by atoms with van der Waals surface area (Å²) in [5.74, 6) is -0.567. The van der Waals surface area contributed by atoms with Gasteiger partial charge in [-0.05, 0) is 62.6 Å². The van der Waals surface area contributed by atoms with E-state index in [1.807, 2.05) is 6.92 Å². The van der Waals surface area contributed by atoms with Gasteiger partial charge in [0.15, 0.2) is 0 Å². The number of halogens is 3. The van der Waals surface area contributed by atoms with Gasteiger partial charge < -0.3 is 5.32 Å². The van der Waals surface area contributed by atoms with Gasteiger partial charge in [-0.25, -0.2) is 4.98 Å². The van der Waals surface area contributed by atoms with Crippen molar-refractivity contribution >= 4 is 22.6 Å². The molecule has 0 spiro atoms. The molecule has 8 heteroatoms. The molecule has 158 valence electrons. The first kappa shape index (κ1) is 21.5. The van der Waals surface area contributed by atoms with Gasteiger partial charge in [0.2, 0.25) is 11.6 Å². The van der Waals surface area contributed by atoms with E-state index in [9.17, 15) is 22.8 Å². The standard InChI is InChI=1S/C22H22F3N3O2/c1-5-17(20(29)26-15-8-6-12(2)7-9-15)28-18-11-14(4)13(3)10-16(18)27-19(21(28)30)22(23,24)25/h6-11,17H,5H2,1-4H3,(H,26,29)/t17-/m1/s1. The summed E-state index contributed by atoms with van der Waals surface area (Å²) in [4.78, 5) is 29.4. The van der Waals surface area contributed by atoms with E-state index in [1.54, 1.807) is 51.1 Å². The predicted molar refractivity (Wildman–Crippen MR) is 110 cm³/mol. The molecule has 0 bridgehead atoms. The van der Waals surface area contributed by atoms with E-state index in [1.165, 1.54) is 6.07 Å². The summed E-state index contributed by atoms with van der Waals surface area (Å²) in [6.07, 6.45) is -4.81. The Morgan fingerprint density at radius 3 is 2.27 bits per heavy atom. The number of nitrogens with one attached hydrogen (secondary N) is 1. The first-order chi connectivity index (χ1) is 14.0. The van der Waals surface area contributed by atoms with Gasteiger partial charge in [0.05, 0.1) is 11.0 Å². The molecule has 0 aliphatic carbocycles. The lowest BCUT2D eigenvalue weighted by Crippen LogP contribution is -2.37. The van der Waals surface area contributed by atoms with Crippen LogP contribution < -0.4 is 10.9 Å². The minimum Gasteiger partial charge on any atom is -0.324 e. The van der Waals surface area contributed by atoms with Crippen LogP contribution in [0.15, 0.2) is 41.2 Å². The second-order valence-corrected chi connectivity index (χ2v) is 7.34. The van der Waals surface area contributed by atoms with Gasteiger partial charge in [0.1, 0.15) is 6.04 Å². The number of alkyl halides is 3. The van der Waals surface area contributed by atoms with Gasteiger partial charge in [-0.1, -0.05) is 24.6 Å². The zero-order chi connectivity index (χ0) is 22.2. The van der Waals surface area contributed by atoms with Gasteiger partial charge in [-0.3, -0.25) is 14.2 Å². The highest BCUT2D eigenvalue weighted by Gasteiger charge is 2.38. The molecule has 0 aliphatic rings. The number of nitrogens with zero attached hydrogens (tertiary/aromatic N) is 2. The SMILES string of the molecule is CC[C@H](C(=O)Nc1ccc(C)cc1)n1c(=O)c(C(F)(F)F)nc2cc(C)c(C)cc21. The number of fused-ring (bicyclic) bond motifs is 1. The number of hydrogen-bond acceptors (Lipinski definition) is 3. The number of rotatable bonds is 4. The molecule has 2 aromatic carbocycles. The van der Waals surface area contributed by atoms with E-state index in [4.69, 9.17) is 0 Å². The molecule has 0 aliphatic heterocycles. The number of carbonyl (C=O) groups is 1. The Morgan fingerprint density at radius 1 is 1.10 bits per heavy atom. The second-order valence-electron chi connectivity index (χ2n) is 7.34. The molecule has 0 radical (unpaired) electrons. The number of amides is 1. The lowest BCUT2D eigenvalue weighted by Gasteiger charge is -2.22. The first-order valence-corrected chi connectivity index (χ1v) is 9.51. The molecule has 5 nitrogen and oxygen atoms in total. The maximum absolute atomic E-state index is 13.5. The largest absolute Gasteiger partial charge is 0.438 e. The molecule has 1 aromatic heterocycles. The molecule has 3 aromatic rings. The van der Waals surface area contributed by atoms with Crippen molar-refractivity contribution in [3.05, 3.63) is 69.1 Å². The number of anilines is 1. The van der Waals surface area contributed by atoms with E-state index >= 15 is 0 Å². The summed E-state index contributed by atoms with van der Waals surface area (Å²) >= 11 is 0. The lowest BCUT2D eigenvalue weighted by molar-refractivity contribution is -0.142. The summed E-state index contributed by atoms with van der Waals surface area (Å²) in [6.45, 7) is 7.08. The van der Waals surface area contributed by atoms with Crippen LogP contribution in [-0.2, 0) is 11.0 Å². The van der Waals surface area contributed by atoms with Crippen molar-refractivity contribution in [3.8, 4) is 0 Å². The van der Waals surface area contributed by atoms with Crippen LogP contribution in [0, 0.1) is 20.8 Å². The highest BCUT2D eigenvalue weighted by Crippen LogP contribution is 2.29. The molecule has 30 heavy (non-hydrogen) atoms. The molecule has 1 amide bonds. The number of aromatic nitrogens is 2. The Kier molecular flexibility index (Phi) is 5.70. The molecule has 1 atom stereocenters. The fraction of sp³-hybridized carbons (Fsp3) is 0.318. The molecule has 3 rings (SSSR count). The predicted octanol–water partition coefficient (Wildman–Crippen LogP) is 4.93. The third kappa shape index (κ3) is 4.08. The van der Waals surface area contributed by atoms with Crippen LogP contribution >= 0.6 is 0 Å². The average Bonchev–Trinajstić information content (AvgIpc) is 2.66. The van der Waals surface area contributed by atoms with Crippen molar-refractivity contribution in [3.63, 3.8) is 0 Å². The molecule has 0 saturated carbocycles. The lowest BCUT2D eigenvalue weighted by atomic mass is 10.1. The number of carbonyl (C=O) groups excluding carboxylic acids is 1. The third-order valence-corrected chi connectivity index (χ3v) is 5.09. The first-order valence-electron chi connectivity index (χ1n) is 9.51. The molecule has 0 saturated heterocycles. The molecular formula is C22H22F3N3O2. The Morgan fingerprint density at radius 2 is 1.70 bits per heavy atom. The van der Waals surface area contributed by atoms with Gasteiger partial charge in [-0.15, -0.1) is 0 Å². The van der Waals surface area contributed by atoms with Gasteiger partial charge >= 0.3 is 6.18 Å². The fourth-order valence-corrected chi connectivity index (χ4v) is 3.30. The van der Waals surface area contributed by atoms with Gasteiger partial charge in [0, 0.05) is 5.69 Å². The van der Waals surface area contributed by atoms with E-state index < -0.39 is 29.4 Å². The van der Waals surface area contributed by atoms with Crippen molar-refractivity contribution in [1.82, 2.24) is 9.55 Å². The maximum atomic E-state index is 13.5. The normalized spacial score (nSPS) is 12.8. The molecule has 1 heterocycles. The molecular weight excluding hydrogens is 395 g/mol. The second kappa shape index (κ2) is 7.93. The molecule has 1 N–H and O–H groups in total. The van der Waals surface area contributed by atoms with Crippen molar-refractivity contribution in [2.75, 3.05) is 5.32 Å². The van der Waals surface area contributed by atoms with E-state index in [2.05, 4.69) is 10.3 Å². The minimum absolute atomic E-state index is 0.0200. The van der Waals surface area contributed by atoms with Crippen molar-refractivity contribution < 1.29 is 18.0 Å². The Hall–Kier alpha value is -3.16. The van der Waals surface area contributed by atoms with Crippen molar-refractivity contribution in [1.29, 1.82) is 0 Å². The van der Waals surface area contributed by atoms with E-state index in [-0.39, 0.29) is 17.5 Å². The highest BCUT2D eigenvalue weighted by molar-refractivity contribution is 5.94. The molecule has 0 unspecified atom stereocenters. The van der Waals surface area contributed by atoms with E-state index in [0.29, 0.717) is 5.69 Å². The Labute approximate surface area is 171 Å². The summed E-state index contributed by atoms with van der Waals surface area (Å²) in [7, 11) is 0. The molecule has 0 fully saturated rings. The summed E-state index contributed by atoms with van der Waals surface area (Å²) in [6, 6.07) is 8.97. The summed E-state index contributed by atoms with van der Waals surface area (Å²) in [5, 5.41) is 2.69. The van der Waals surface area contributed by atoms with Crippen LogP contribution in [0.5, 0.6) is 0 Å². The average molecular weight is 417 g/mol. The fourth-order valence-electron chi connectivity index (χ4n) is 3.30. The minimum atomic E-state index is -4.93. The topological polar surface area (TPSA) is 64.0 Å². The zero-order valence-corrected chi connectivity index (χ0v) is 17.1. The van der Waals surface area contributed by atoms with Crippen LogP contribution in [0.1, 0.15) is 41.8 Å². The van der Waals surface area contributed by atoms with Crippen LogP contribution in [0.4, 0.5) is 18.9 Å². The van der Waals surface area contributed by atoms with Crippen LogP contribution in [0.3, 0.4) is 0 Å². The van der Waals surface area contributed by atoms with Crippen LogP contribution in [0.2, 0.25) is 0 Å². The quantitative estimate of drug-likeness (QED) is 0.655. The smallest absolute Gasteiger partial charge is 0.324 e. The Balaban J connectivity index is 2.21. The Bertz CT molecular complexity index is 1170. The van der Waals surface area contributed by atoms with E-state index in [0.717, 1.165) is 21.3 Å². The highest BCUT2D eigenvalue weighted by atomic mass is 19.4. The summed E-state index contributed by atoms with van der Waals surface area (Å²) in [5.41, 5.74) is 0.379. The van der Waals surface area contributed by atoms with Crippen molar-refractivity contribution in [2.24, 2.45) is 0 Å². The van der Waals surface area contributed by atoms with Gasteiger partial charge in [0.25, 0.3) is 5.56 Å². The number of benzene rings is 2. The number of hydrogen-bond donors (Lipinski definition) is 1. The zero-order valence-electron chi connectivity index (χ0n) is 17.1. The van der Waals surface area contributed by atoms with Crippen LogP contribution in [0.25, 0.3) is 11.0 Å². The van der Waals surface area contributed by atoms with Gasteiger partial charge in [-0.2, -0.15) is 13.2 Å². The van der Waals surface area contributed by atoms with Crippen LogP contribution in [-0.4, -0.2) is 15.5 Å². The maximum Gasteiger partial charge on any atom is 0.438 e.